The minimum absolute atomic E-state index is 0.524. The smallest absolute Gasteiger partial charge is 0.405 e. The summed E-state index contributed by atoms with van der Waals surface area (Å²) in [4.78, 5) is 11.5. The van der Waals surface area contributed by atoms with Crippen LogP contribution < -0.4 is 4.74 Å². The molecule has 106 valence electrons. The number of rotatable bonds is 4. The van der Waals surface area contributed by atoms with Gasteiger partial charge >= 0.3 is 12.5 Å². The molecule has 19 heavy (non-hydrogen) atoms. The van der Waals surface area contributed by atoms with Crippen molar-refractivity contribution in [2.75, 3.05) is 0 Å². The zero-order valence-electron chi connectivity index (χ0n) is 9.31. The zero-order valence-corrected chi connectivity index (χ0v) is 9.31. The summed E-state index contributed by atoms with van der Waals surface area (Å²) in [5.74, 6) is -1.86. The zero-order chi connectivity index (χ0) is 14.7. The lowest BCUT2D eigenvalue weighted by molar-refractivity contribution is -0.274. The van der Waals surface area contributed by atoms with E-state index in [2.05, 4.69) is 4.74 Å². The highest BCUT2D eigenvalue weighted by Crippen LogP contribution is 2.29. The molecule has 0 heterocycles. The van der Waals surface area contributed by atoms with Crippen LogP contribution in [0.4, 0.5) is 26.3 Å². The van der Waals surface area contributed by atoms with E-state index < -0.39 is 42.5 Å². The number of ether oxygens (including phenoxy) is 1. The SMILES string of the molecule is O=C(CCC(F)(F)F)c1ccccc1OC(F)(F)F. The Hall–Kier alpha value is -1.73. The van der Waals surface area contributed by atoms with Crippen molar-refractivity contribution in [1.29, 1.82) is 0 Å². The van der Waals surface area contributed by atoms with Crippen molar-refractivity contribution in [2.24, 2.45) is 0 Å². The number of hydrogen-bond acceptors (Lipinski definition) is 2. The van der Waals surface area contributed by atoms with E-state index in [1.807, 2.05) is 0 Å². The van der Waals surface area contributed by atoms with Crippen LogP contribution in [0.3, 0.4) is 0 Å². The molecule has 1 rings (SSSR count). The molecule has 0 aliphatic heterocycles. The molecule has 0 aliphatic carbocycles. The normalized spacial score (nSPS) is 12.3. The molecule has 0 bridgehead atoms. The second kappa shape index (κ2) is 5.50. The average molecular weight is 286 g/mol. The fraction of sp³-hybridized carbons (Fsp3) is 0.364. The highest BCUT2D eigenvalue weighted by Gasteiger charge is 2.33. The van der Waals surface area contributed by atoms with Gasteiger partial charge in [-0.1, -0.05) is 12.1 Å². The molecule has 1 aromatic carbocycles. The largest absolute Gasteiger partial charge is 0.573 e. The van der Waals surface area contributed by atoms with Crippen LogP contribution >= 0.6 is 0 Å². The summed E-state index contributed by atoms with van der Waals surface area (Å²) >= 11 is 0. The number of carbonyl (C=O) groups excluding carboxylic acids is 1. The van der Waals surface area contributed by atoms with Crippen LogP contribution in [0.1, 0.15) is 23.2 Å². The number of benzene rings is 1. The van der Waals surface area contributed by atoms with Gasteiger partial charge in [0.05, 0.1) is 12.0 Å². The Labute approximate surface area is 104 Å². The standard InChI is InChI=1S/C11H8F6O2/c12-10(13,14)6-5-8(18)7-3-1-2-4-9(7)19-11(15,16)17/h1-4H,5-6H2. The third kappa shape index (κ3) is 5.62. The Morgan fingerprint density at radius 1 is 1.05 bits per heavy atom. The number of halogens is 6. The highest BCUT2D eigenvalue weighted by molar-refractivity contribution is 5.98. The number of hydrogen-bond donors (Lipinski definition) is 0. The lowest BCUT2D eigenvalue weighted by Crippen LogP contribution is -2.19. The molecule has 0 fully saturated rings. The first kappa shape index (κ1) is 15.3. The first-order valence-corrected chi connectivity index (χ1v) is 5.03. The topological polar surface area (TPSA) is 26.3 Å². The van der Waals surface area contributed by atoms with Crippen LogP contribution in [0, 0.1) is 0 Å². The van der Waals surface area contributed by atoms with E-state index >= 15 is 0 Å². The van der Waals surface area contributed by atoms with Crippen LogP contribution in [-0.4, -0.2) is 18.3 Å². The van der Waals surface area contributed by atoms with Gasteiger partial charge in [0, 0.05) is 6.42 Å². The number of Topliss-reactive ketones (excluding diaryl/α,β-unsaturated/α-hetero) is 1. The first-order valence-electron chi connectivity index (χ1n) is 5.03. The Balaban J connectivity index is 2.85. The molecule has 0 atom stereocenters. The van der Waals surface area contributed by atoms with E-state index in [0.29, 0.717) is 0 Å². The van der Waals surface area contributed by atoms with Crippen molar-refractivity contribution in [2.45, 2.75) is 25.4 Å². The molecule has 0 aromatic heterocycles. The van der Waals surface area contributed by atoms with E-state index in [1.165, 1.54) is 12.1 Å². The molecule has 0 unspecified atom stereocenters. The monoisotopic (exact) mass is 286 g/mol. The molecular formula is C11H8F6O2. The molecule has 8 heteroatoms. The average Bonchev–Trinajstić information content (AvgIpc) is 2.23. The van der Waals surface area contributed by atoms with Gasteiger partial charge in [0.25, 0.3) is 0 Å². The van der Waals surface area contributed by atoms with Crippen LogP contribution in [0.5, 0.6) is 5.75 Å². The van der Waals surface area contributed by atoms with Gasteiger partial charge < -0.3 is 4.74 Å². The van der Waals surface area contributed by atoms with Gasteiger partial charge in [-0.3, -0.25) is 4.79 Å². The molecule has 0 amide bonds. The van der Waals surface area contributed by atoms with Crippen molar-refractivity contribution < 1.29 is 35.9 Å². The fourth-order valence-electron chi connectivity index (χ4n) is 1.30. The first-order chi connectivity index (χ1) is 8.58. The third-order valence-corrected chi connectivity index (χ3v) is 2.05. The molecule has 0 aliphatic rings. The summed E-state index contributed by atoms with van der Waals surface area (Å²) in [6.45, 7) is 0. The maximum absolute atomic E-state index is 12.0. The minimum Gasteiger partial charge on any atom is -0.405 e. The van der Waals surface area contributed by atoms with E-state index in [-0.39, 0.29) is 0 Å². The third-order valence-electron chi connectivity index (χ3n) is 2.05. The summed E-state index contributed by atoms with van der Waals surface area (Å²) < 4.78 is 75.5. The van der Waals surface area contributed by atoms with Crippen molar-refractivity contribution in [3.05, 3.63) is 29.8 Å². The molecule has 0 saturated carbocycles. The summed E-state index contributed by atoms with van der Waals surface area (Å²) in [6, 6.07) is 4.28. The van der Waals surface area contributed by atoms with Crippen LogP contribution in [0.2, 0.25) is 0 Å². The Morgan fingerprint density at radius 2 is 1.63 bits per heavy atom. The maximum Gasteiger partial charge on any atom is 0.573 e. The Morgan fingerprint density at radius 3 is 2.16 bits per heavy atom. The van der Waals surface area contributed by atoms with Crippen molar-refractivity contribution in [3.63, 3.8) is 0 Å². The van der Waals surface area contributed by atoms with E-state index in [0.717, 1.165) is 12.1 Å². The summed E-state index contributed by atoms with van der Waals surface area (Å²) in [5.41, 5.74) is -0.524. The van der Waals surface area contributed by atoms with Gasteiger partial charge in [0.1, 0.15) is 5.75 Å². The van der Waals surface area contributed by atoms with E-state index in [4.69, 9.17) is 0 Å². The van der Waals surface area contributed by atoms with Crippen molar-refractivity contribution in [3.8, 4) is 5.75 Å². The molecule has 0 N–H and O–H groups in total. The molecular weight excluding hydrogens is 278 g/mol. The molecule has 1 aromatic rings. The van der Waals surface area contributed by atoms with E-state index in [1.54, 1.807) is 0 Å². The lowest BCUT2D eigenvalue weighted by Gasteiger charge is -2.12. The Bertz CT molecular complexity index is 449. The van der Waals surface area contributed by atoms with Gasteiger partial charge in [-0.15, -0.1) is 13.2 Å². The van der Waals surface area contributed by atoms with E-state index in [9.17, 15) is 31.1 Å². The Kier molecular flexibility index (Phi) is 4.43. The number of ketones is 1. The molecule has 0 spiro atoms. The van der Waals surface area contributed by atoms with Crippen molar-refractivity contribution >= 4 is 5.78 Å². The number of alkyl halides is 6. The molecule has 0 radical (unpaired) electrons. The predicted molar refractivity (Wildman–Crippen MR) is 52.7 cm³/mol. The molecule has 2 nitrogen and oxygen atoms in total. The van der Waals surface area contributed by atoms with Crippen LogP contribution in [-0.2, 0) is 0 Å². The van der Waals surface area contributed by atoms with Gasteiger partial charge in [0.15, 0.2) is 5.78 Å². The minimum atomic E-state index is -5.01. The number of carbonyl (C=O) groups is 1. The highest BCUT2D eigenvalue weighted by atomic mass is 19.4. The van der Waals surface area contributed by atoms with Crippen LogP contribution in [0.25, 0.3) is 0 Å². The van der Waals surface area contributed by atoms with Crippen molar-refractivity contribution in [1.82, 2.24) is 0 Å². The fourth-order valence-corrected chi connectivity index (χ4v) is 1.30. The summed E-state index contributed by atoms with van der Waals surface area (Å²) in [7, 11) is 0. The predicted octanol–water partition coefficient (Wildman–Crippen LogP) is 4.11. The van der Waals surface area contributed by atoms with Gasteiger partial charge in [-0.25, -0.2) is 0 Å². The van der Waals surface area contributed by atoms with Gasteiger partial charge in [-0.2, -0.15) is 13.2 Å². The molecule has 0 saturated heterocycles. The number of para-hydroxylation sites is 1. The quantitative estimate of drug-likeness (QED) is 0.615. The summed E-state index contributed by atoms with van der Waals surface area (Å²) in [6.07, 6.45) is -11.9. The lowest BCUT2D eigenvalue weighted by atomic mass is 10.1. The maximum atomic E-state index is 12.0. The van der Waals surface area contributed by atoms with Gasteiger partial charge in [-0.05, 0) is 12.1 Å². The van der Waals surface area contributed by atoms with Crippen LogP contribution in [0.15, 0.2) is 24.3 Å². The second-order valence-corrected chi connectivity index (χ2v) is 3.58. The van der Waals surface area contributed by atoms with Gasteiger partial charge in [0.2, 0.25) is 0 Å². The summed E-state index contributed by atoms with van der Waals surface area (Å²) in [5, 5.41) is 0. The second-order valence-electron chi connectivity index (χ2n) is 3.58.